The van der Waals surface area contributed by atoms with Crippen LogP contribution in [0, 0.1) is 28.6 Å². The summed E-state index contributed by atoms with van der Waals surface area (Å²) in [5, 5.41) is 10.7. The molecule has 5 unspecified atom stereocenters. The molecule has 0 spiro atoms. The van der Waals surface area contributed by atoms with E-state index in [1.165, 1.54) is 13.8 Å². The van der Waals surface area contributed by atoms with E-state index >= 15 is 0 Å². The van der Waals surface area contributed by atoms with Crippen molar-refractivity contribution in [2.75, 3.05) is 0 Å². The predicted molar refractivity (Wildman–Crippen MR) is 87.8 cm³/mol. The second kappa shape index (κ2) is 5.32. The Morgan fingerprint density at radius 1 is 1.08 bits per heavy atom. The third-order valence-corrected chi connectivity index (χ3v) is 6.85. The van der Waals surface area contributed by atoms with Gasteiger partial charge in [-0.3, -0.25) is 9.59 Å². The van der Waals surface area contributed by atoms with Crippen LogP contribution in [-0.4, -0.2) is 35.4 Å². The van der Waals surface area contributed by atoms with Crippen LogP contribution >= 0.6 is 0 Å². The Balaban J connectivity index is 2.09. The lowest BCUT2D eigenvalue weighted by atomic mass is 9.37. The van der Waals surface area contributed by atoms with Crippen LogP contribution in [0.1, 0.15) is 48.0 Å². The Hall–Kier alpha value is -1.36. The number of carbonyl (C=O) groups excluding carboxylic acids is 2. The molecule has 4 rings (SSSR count). The molecule has 7 atom stereocenters. The minimum Gasteiger partial charge on any atom is -0.462 e. The molecule has 134 valence electrons. The van der Waals surface area contributed by atoms with E-state index in [2.05, 4.69) is 20.8 Å². The molecule has 0 aromatic heterocycles. The van der Waals surface area contributed by atoms with Crippen LogP contribution in [0.15, 0.2) is 11.6 Å². The van der Waals surface area contributed by atoms with Crippen molar-refractivity contribution in [2.45, 2.75) is 66.3 Å². The summed E-state index contributed by atoms with van der Waals surface area (Å²) in [4.78, 5) is 23.3. The van der Waals surface area contributed by atoms with Gasteiger partial charge in [0.1, 0.15) is 12.2 Å². The third-order valence-electron chi connectivity index (χ3n) is 6.85. The second-order valence-corrected chi connectivity index (χ2v) is 8.55. The number of allylic oxidation sites excluding steroid dienone is 1. The average Bonchev–Trinajstić information content (AvgIpc) is 2.50. The minimum atomic E-state index is -0.557. The van der Waals surface area contributed by atoms with E-state index in [1.807, 2.05) is 13.0 Å². The number of aliphatic hydroxyl groups is 1. The summed E-state index contributed by atoms with van der Waals surface area (Å²) in [5.41, 5.74) is 0.526. The molecule has 0 amide bonds. The van der Waals surface area contributed by atoms with Crippen molar-refractivity contribution < 1.29 is 24.2 Å². The molecule has 5 nitrogen and oxygen atoms in total. The largest absolute Gasteiger partial charge is 0.462 e. The highest BCUT2D eigenvalue weighted by Gasteiger charge is 2.74. The lowest BCUT2D eigenvalue weighted by molar-refractivity contribution is -0.227. The summed E-state index contributed by atoms with van der Waals surface area (Å²) in [6.07, 6.45) is 1.15. The molecule has 0 aromatic rings. The summed E-state index contributed by atoms with van der Waals surface area (Å²) in [6.45, 7) is 11.2. The Morgan fingerprint density at radius 2 is 1.62 bits per heavy atom. The third kappa shape index (κ3) is 2.17. The van der Waals surface area contributed by atoms with Gasteiger partial charge in [-0.1, -0.05) is 32.4 Å². The molecule has 0 saturated heterocycles. The lowest BCUT2D eigenvalue weighted by Gasteiger charge is -2.68. The van der Waals surface area contributed by atoms with Crippen molar-refractivity contribution >= 4 is 11.9 Å². The van der Waals surface area contributed by atoms with E-state index in [1.54, 1.807) is 0 Å². The maximum atomic E-state index is 11.7. The molecular formula is C19H28O5. The summed E-state index contributed by atoms with van der Waals surface area (Å²) in [6, 6.07) is 0. The monoisotopic (exact) mass is 336 g/mol. The van der Waals surface area contributed by atoms with Crippen molar-refractivity contribution in [3.05, 3.63) is 11.6 Å². The summed E-state index contributed by atoms with van der Waals surface area (Å²) in [5.74, 6) is -0.221. The first kappa shape index (κ1) is 17.5. The Bertz CT molecular complexity index is 607. The number of ether oxygens (including phenoxy) is 2. The van der Waals surface area contributed by atoms with Crippen LogP contribution < -0.4 is 0 Å². The summed E-state index contributed by atoms with van der Waals surface area (Å²) in [7, 11) is 0. The Kier molecular flexibility index (Phi) is 3.87. The molecule has 0 heterocycles. The van der Waals surface area contributed by atoms with Gasteiger partial charge in [0.2, 0.25) is 0 Å². The zero-order chi connectivity index (χ0) is 18.0. The number of esters is 2. The SMILES string of the molecule is CC(=O)O[C@@H]1C[C@@H](OC(C)=O)C2(C)C3C(C)=CC(O)C2C3C1(C)C. The van der Waals surface area contributed by atoms with Crippen molar-refractivity contribution in [2.24, 2.45) is 28.6 Å². The zero-order valence-corrected chi connectivity index (χ0v) is 15.3. The van der Waals surface area contributed by atoms with E-state index in [-0.39, 0.29) is 52.7 Å². The van der Waals surface area contributed by atoms with Crippen molar-refractivity contribution in [1.29, 1.82) is 0 Å². The Labute approximate surface area is 143 Å². The van der Waals surface area contributed by atoms with Crippen LogP contribution in [0.2, 0.25) is 0 Å². The summed E-state index contributed by atoms with van der Waals surface area (Å²) < 4.78 is 11.3. The molecule has 3 fully saturated rings. The van der Waals surface area contributed by atoms with E-state index in [4.69, 9.17) is 9.47 Å². The molecule has 24 heavy (non-hydrogen) atoms. The molecule has 0 aliphatic heterocycles. The summed E-state index contributed by atoms with van der Waals surface area (Å²) >= 11 is 0. The molecule has 1 N–H and O–H groups in total. The number of hydrogen-bond donors (Lipinski definition) is 1. The van der Waals surface area contributed by atoms with E-state index in [9.17, 15) is 14.7 Å². The first-order valence-corrected chi connectivity index (χ1v) is 8.72. The highest BCUT2D eigenvalue weighted by Crippen LogP contribution is 2.72. The number of carbonyl (C=O) groups is 2. The van der Waals surface area contributed by atoms with Crippen LogP contribution in [0.3, 0.4) is 0 Å². The molecule has 4 bridgehead atoms. The van der Waals surface area contributed by atoms with Gasteiger partial charge in [-0.25, -0.2) is 0 Å². The van der Waals surface area contributed by atoms with E-state index < -0.39 is 6.10 Å². The average molecular weight is 336 g/mol. The van der Waals surface area contributed by atoms with Crippen LogP contribution in [0.5, 0.6) is 0 Å². The zero-order valence-electron chi connectivity index (χ0n) is 15.3. The Morgan fingerprint density at radius 3 is 2.12 bits per heavy atom. The topological polar surface area (TPSA) is 72.8 Å². The van der Waals surface area contributed by atoms with Crippen LogP contribution in [0.25, 0.3) is 0 Å². The fourth-order valence-corrected chi connectivity index (χ4v) is 5.95. The van der Waals surface area contributed by atoms with Gasteiger partial charge in [0.05, 0.1) is 6.10 Å². The fourth-order valence-electron chi connectivity index (χ4n) is 5.95. The molecule has 3 saturated carbocycles. The predicted octanol–water partition coefficient (Wildman–Crippen LogP) is 2.47. The standard InChI is InChI=1S/C19H28O5/c1-9-7-12(22)16-17-15(9)19(16,6)14(24-11(3)21)8-13(18(17,4)5)23-10(2)20/h7,12-17,22H,8H2,1-6H3/t12?,13-,14-,15?,16?,17?,19?/m1/s1. The molecular weight excluding hydrogens is 308 g/mol. The smallest absolute Gasteiger partial charge is 0.302 e. The van der Waals surface area contributed by atoms with Gasteiger partial charge >= 0.3 is 11.9 Å². The molecule has 4 aliphatic carbocycles. The van der Waals surface area contributed by atoms with Crippen molar-refractivity contribution in [1.82, 2.24) is 0 Å². The van der Waals surface area contributed by atoms with Crippen molar-refractivity contribution in [3.8, 4) is 0 Å². The van der Waals surface area contributed by atoms with E-state index in [0.717, 1.165) is 5.57 Å². The molecule has 0 radical (unpaired) electrons. The van der Waals surface area contributed by atoms with Crippen LogP contribution in [0.4, 0.5) is 0 Å². The first-order chi connectivity index (χ1) is 11.0. The maximum absolute atomic E-state index is 11.7. The van der Waals surface area contributed by atoms with Gasteiger partial charge in [0, 0.05) is 37.0 Å². The first-order valence-electron chi connectivity index (χ1n) is 8.72. The quantitative estimate of drug-likeness (QED) is 0.619. The number of hydrogen-bond acceptors (Lipinski definition) is 5. The van der Waals surface area contributed by atoms with E-state index in [0.29, 0.717) is 6.42 Å². The lowest BCUT2D eigenvalue weighted by Crippen LogP contribution is -2.68. The molecule has 5 heteroatoms. The molecule has 4 aliphatic rings. The second-order valence-electron chi connectivity index (χ2n) is 8.55. The minimum absolute atomic E-state index is 0.00566. The van der Waals surface area contributed by atoms with Gasteiger partial charge in [-0.05, 0) is 18.8 Å². The maximum Gasteiger partial charge on any atom is 0.302 e. The van der Waals surface area contributed by atoms with Gasteiger partial charge in [-0.2, -0.15) is 0 Å². The highest BCUT2D eigenvalue weighted by atomic mass is 16.6. The van der Waals surface area contributed by atoms with Gasteiger partial charge in [-0.15, -0.1) is 0 Å². The highest BCUT2D eigenvalue weighted by molar-refractivity contribution is 5.67. The normalized spacial score (nSPS) is 45.4. The van der Waals surface area contributed by atoms with Gasteiger partial charge in [0.15, 0.2) is 0 Å². The number of rotatable bonds is 2. The molecule has 0 aromatic carbocycles. The van der Waals surface area contributed by atoms with Gasteiger partial charge < -0.3 is 14.6 Å². The van der Waals surface area contributed by atoms with Crippen LogP contribution in [-0.2, 0) is 19.1 Å². The fraction of sp³-hybridized carbons (Fsp3) is 0.789. The number of fused-ring (bicyclic) bond motifs is 3. The van der Waals surface area contributed by atoms with Crippen molar-refractivity contribution in [3.63, 3.8) is 0 Å². The number of aliphatic hydroxyl groups excluding tert-OH is 1. The van der Waals surface area contributed by atoms with Gasteiger partial charge in [0.25, 0.3) is 0 Å².